The van der Waals surface area contributed by atoms with E-state index in [1.165, 1.54) is 12.1 Å². The zero-order valence-corrected chi connectivity index (χ0v) is 21.9. The lowest BCUT2D eigenvalue weighted by molar-refractivity contribution is -0.120. The lowest BCUT2D eigenvalue weighted by Gasteiger charge is -2.27. The highest BCUT2D eigenvalue weighted by atomic mass is 35.5. The number of carbonyl (C=O) groups excluding carboxylic acids is 1. The van der Waals surface area contributed by atoms with Crippen LogP contribution in [0.1, 0.15) is 37.4 Å². The number of halogens is 1. The number of ether oxygens (including phenoxy) is 1. The lowest BCUT2D eigenvalue weighted by atomic mass is 9.97. The Kier molecular flexibility index (Phi) is 8.81. The third kappa shape index (κ3) is 6.77. The summed E-state index contributed by atoms with van der Waals surface area (Å²) in [6, 6.07) is 20.3. The maximum atomic E-state index is 13.6. The summed E-state index contributed by atoms with van der Waals surface area (Å²) < 4.78 is 33.6. The summed E-state index contributed by atoms with van der Waals surface area (Å²) in [4.78, 5) is 13.4. The minimum Gasteiger partial charge on any atom is -0.497 e. The van der Waals surface area contributed by atoms with Gasteiger partial charge in [0.1, 0.15) is 12.3 Å². The first-order chi connectivity index (χ1) is 16.6. The van der Waals surface area contributed by atoms with E-state index in [2.05, 4.69) is 19.2 Å². The molecule has 1 N–H and O–H groups in total. The fourth-order valence-electron chi connectivity index (χ4n) is 3.87. The smallest absolute Gasteiger partial charge is 0.264 e. The molecule has 6 nitrogen and oxygen atoms in total. The first-order valence-corrected chi connectivity index (χ1v) is 13.2. The largest absolute Gasteiger partial charge is 0.497 e. The molecule has 35 heavy (non-hydrogen) atoms. The Bertz CT molecular complexity index is 1250. The zero-order chi connectivity index (χ0) is 25.6. The van der Waals surface area contributed by atoms with Crippen molar-refractivity contribution in [1.82, 2.24) is 5.32 Å². The molecule has 8 heteroatoms. The Balaban J connectivity index is 1.94. The summed E-state index contributed by atoms with van der Waals surface area (Å²) >= 11 is 6.11. The van der Waals surface area contributed by atoms with Crippen LogP contribution in [0.15, 0.2) is 77.7 Å². The van der Waals surface area contributed by atoms with Crippen molar-refractivity contribution in [2.24, 2.45) is 5.92 Å². The predicted molar refractivity (Wildman–Crippen MR) is 140 cm³/mol. The van der Waals surface area contributed by atoms with Gasteiger partial charge in [-0.2, -0.15) is 0 Å². The fraction of sp³-hybridized carbons (Fsp3) is 0.296. The van der Waals surface area contributed by atoms with E-state index >= 15 is 0 Å². The molecular formula is C27H31ClN2O4S. The number of sulfonamides is 1. The number of methoxy groups -OCH3 is 1. The Morgan fingerprint density at radius 2 is 1.69 bits per heavy atom. The van der Waals surface area contributed by atoms with Gasteiger partial charge in [-0.1, -0.05) is 55.8 Å². The van der Waals surface area contributed by atoms with Crippen LogP contribution >= 0.6 is 11.6 Å². The normalized spacial score (nSPS) is 12.3. The molecule has 0 aromatic heterocycles. The van der Waals surface area contributed by atoms with E-state index in [-0.39, 0.29) is 17.5 Å². The van der Waals surface area contributed by atoms with Gasteiger partial charge in [0.25, 0.3) is 10.0 Å². The van der Waals surface area contributed by atoms with Crippen LogP contribution in [-0.4, -0.2) is 28.0 Å². The van der Waals surface area contributed by atoms with E-state index in [4.69, 9.17) is 16.3 Å². The Hall–Kier alpha value is -3.03. The van der Waals surface area contributed by atoms with Crippen LogP contribution in [0.3, 0.4) is 0 Å². The summed E-state index contributed by atoms with van der Waals surface area (Å²) in [5.74, 6) is 0.632. The van der Waals surface area contributed by atoms with Crippen LogP contribution in [-0.2, 0) is 14.8 Å². The van der Waals surface area contributed by atoms with Crippen LogP contribution in [0.5, 0.6) is 5.75 Å². The molecule has 0 aliphatic rings. The van der Waals surface area contributed by atoms with Crippen molar-refractivity contribution >= 4 is 33.2 Å². The Morgan fingerprint density at radius 3 is 2.26 bits per heavy atom. The third-order valence-electron chi connectivity index (χ3n) is 5.61. The number of carbonyl (C=O) groups is 1. The number of nitrogens with one attached hydrogen (secondary N) is 1. The summed E-state index contributed by atoms with van der Waals surface area (Å²) in [5.41, 5.74) is 1.98. The van der Waals surface area contributed by atoms with Crippen molar-refractivity contribution in [2.75, 3.05) is 18.0 Å². The number of hydrogen-bond donors (Lipinski definition) is 1. The van der Waals surface area contributed by atoms with Crippen molar-refractivity contribution < 1.29 is 17.9 Å². The van der Waals surface area contributed by atoms with E-state index in [9.17, 15) is 13.2 Å². The van der Waals surface area contributed by atoms with Crippen molar-refractivity contribution in [3.8, 4) is 5.75 Å². The molecule has 0 spiro atoms. The monoisotopic (exact) mass is 514 g/mol. The van der Waals surface area contributed by atoms with Crippen molar-refractivity contribution in [3.63, 3.8) is 0 Å². The molecule has 1 atom stereocenters. The maximum absolute atomic E-state index is 13.6. The molecule has 3 rings (SSSR count). The second kappa shape index (κ2) is 11.6. The highest BCUT2D eigenvalue weighted by molar-refractivity contribution is 7.92. The minimum absolute atomic E-state index is 0.107. The molecule has 0 aliphatic carbocycles. The SMILES string of the molecule is COc1ccc([C@H](CC(C)C)NC(=O)CN(c2ccc(Cl)cc2C)S(=O)(=O)c2ccccc2)cc1. The molecule has 0 bridgehead atoms. The van der Waals surface area contributed by atoms with Gasteiger partial charge in [0, 0.05) is 5.02 Å². The summed E-state index contributed by atoms with van der Waals surface area (Å²) in [7, 11) is -2.40. The standard InChI is InChI=1S/C27H31ClN2O4S/c1-19(2)16-25(21-10-13-23(34-4)14-11-21)29-27(31)18-30(26-15-12-22(28)17-20(26)3)35(32,33)24-8-6-5-7-9-24/h5-15,17,19,25H,16,18H2,1-4H3,(H,29,31)/t25-/m0/s1. The van der Waals surface area contributed by atoms with Gasteiger partial charge in [-0.25, -0.2) is 8.42 Å². The number of anilines is 1. The number of hydrogen-bond acceptors (Lipinski definition) is 4. The number of amides is 1. The van der Waals surface area contributed by atoms with E-state index in [1.54, 1.807) is 50.4 Å². The molecule has 0 aliphatic heterocycles. The predicted octanol–water partition coefficient (Wildman–Crippen LogP) is 5.76. The van der Waals surface area contributed by atoms with E-state index < -0.39 is 15.9 Å². The van der Waals surface area contributed by atoms with Crippen LogP contribution in [0.25, 0.3) is 0 Å². The molecular weight excluding hydrogens is 484 g/mol. The molecule has 3 aromatic rings. The zero-order valence-electron chi connectivity index (χ0n) is 20.4. The Morgan fingerprint density at radius 1 is 1.03 bits per heavy atom. The number of rotatable bonds is 10. The van der Waals surface area contributed by atoms with Crippen LogP contribution < -0.4 is 14.4 Å². The fourth-order valence-corrected chi connectivity index (χ4v) is 5.61. The van der Waals surface area contributed by atoms with E-state index in [0.29, 0.717) is 28.6 Å². The molecule has 0 fully saturated rings. The highest BCUT2D eigenvalue weighted by Gasteiger charge is 2.29. The van der Waals surface area contributed by atoms with Crippen LogP contribution in [0, 0.1) is 12.8 Å². The first-order valence-electron chi connectivity index (χ1n) is 11.4. The number of benzene rings is 3. The first kappa shape index (κ1) is 26.6. The molecule has 186 valence electrons. The molecule has 0 unspecified atom stereocenters. The van der Waals surface area contributed by atoms with E-state index in [1.807, 2.05) is 24.3 Å². The van der Waals surface area contributed by atoms with Crippen LogP contribution in [0.2, 0.25) is 5.02 Å². The third-order valence-corrected chi connectivity index (χ3v) is 7.62. The number of aryl methyl sites for hydroxylation is 1. The van der Waals surface area contributed by atoms with E-state index in [0.717, 1.165) is 15.6 Å². The number of nitrogens with zero attached hydrogens (tertiary/aromatic N) is 1. The van der Waals surface area contributed by atoms with Gasteiger partial charge in [0.05, 0.1) is 23.7 Å². The van der Waals surface area contributed by atoms with Gasteiger partial charge >= 0.3 is 0 Å². The molecule has 0 saturated carbocycles. The molecule has 1 amide bonds. The summed E-state index contributed by atoms with van der Waals surface area (Å²) in [6.07, 6.45) is 0.698. The van der Waals surface area contributed by atoms with Gasteiger partial charge < -0.3 is 10.1 Å². The lowest BCUT2D eigenvalue weighted by Crippen LogP contribution is -2.42. The molecule has 0 saturated heterocycles. The van der Waals surface area contributed by atoms with Gasteiger partial charge in [-0.15, -0.1) is 0 Å². The van der Waals surface area contributed by atoms with Crippen molar-refractivity contribution in [1.29, 1.82) is 0 Å². The summed E-state index contributed by atoms with van der Waals surface area (Å²) in [6.45, 7) is 5.55. The van der Waals surface area contributed by atoms with Gasteiger partial charge in [-0.05, 0) is 72.9 Å². The quantitative estimate of drug-likeness (QED) is 0.373. The average molecular weight is 515 g/mol. The Labute approximate surface area is 212 Å². The molecule has 3 aromatic carbocycles. The average Bonchev–Trinajstić information content (AvgIpc) is 2.83. The molecule has 0 radical (unpaired) electrons. The van der Waals surface area contributed by atoms with Crippen molar-refractivity contribution in [2.45, 2.75) is 38.1 Å². The topological polar surface area (TPSA) is 75.7 Å². The molecule has 0 heterocycles. The summed E-state index contributed by atoms with van der Waals surface area (Å²) in [5, 5.41) is 3.53. The van der Waals surface area contributed by atoms with Crippen LogP contribution in [0.4, 0.5) is 5.69 Å². The van der Waals surface area contributed by atoms with Gasteiger partial charge in [-0.3, -0.25) is 9.10 Å². The van der Waals surface area contributed by atoms with Gasteiger partial charge in [0.2, 0.25) is 5.91 Å². The minimum atomic E-state index is -4.00. The van der Waals surface area contributed by atoms with Gasteiger partial charge in [0.15, 0.2) is 0 Å². The van der Waals surface area contributed by atoms with Crippen molar-refractivity contribution in [3.05, 3.63) is 88.9 Å². The maximum Gasteiger partial charge on any atom is 0.264 e. The second-order valence-electron chi connectivity index (χ2n) is 8.78. The second-order valence-corrected chi connectivity index (χ2v) is 11.1. The highest BCUT2D eigenvalue weighted by Crippen LogP contribution is 2.29.